The molecule has 0 bridgehead atoms. The molecule has 0 saturated carbocycles. The van der Waals surface area contributed by atoms with Gasteiger partial charge in [0, 0.05) is 16.3 Å². The molecule has 0 heterocycles. The van der Waals surface area contributed by atoms with E-state index in [0.717, 1.165) is 20.8 Å². The van der Waals surface area contributed by atoms with Crippen LogP contribution in [0.1, 0.15) is 5.56 Å². The van der Waals surface area contributed by atoms with Gasteiger partial charge in [0.05, 0.1) is 5.69 Å². The summed E-state index contributed by atoms with van der Waals surface area (Å²) in [6, 6.07) is 18.9. The maximum Gasteiger partial charge on any atom is 0.326 e. The Bertz CT molecular complexity index is 944. The topological polar surface area (TPSA) is 78.4 Å². The number of hydrogen-bond acceptors (Lipinski definition) is 2. The zero-order valence-corrected chi connectivity index (χ0v) is 15.4. The quantitative estimate of drug-likeness (QED) is 0.580. The Morgan fingerprint density at radius 1 is 0.923 bits per heavy atom. The Labute approximate surface area is 159 Å². The minimum absolute atomic E-state index is 0.213. The molecule has 132 valence electrons. The number of rotatable bonds is 5. The van der Waals surface area contributed by atoms with Crippen molar-refractivity contribution in [2.24, 2.45) is 0 Å². The molecule has 0 aliphatic heterocycles. The molecule has 5 nitrogen and oxygen atoms in total. The molecule has 0 aromatic heterocycles. The first-order valence-electron chi connectivity index (χ1n) is 8.06. The van der Waals surface area contributed by atoms with E-state index in [-0.39, 0.29) is 6.42 Å². The number of carboxylic acid groups (broad SMARTS) is 1. The molecule has 3 aromatic carbocycles. The van der Waals surface area contributed by atoms with Crippen molar-refractivity contribution < 1.29 is 14.7 Å². The van der Waals surface area contributed by atoms with Gasteiger partial charge in [0.15, 0.2) is 0 Å². The summed E-state index contributed by atoms with van der Waals surface area (Å²) in [6.07, 6.45) is 0.213. The van der Waals surface area contributed by atoms with Gasteiger partial charge in [-0.2, -0.15) is 0 Å². The van der Waals surface area contributed by atoms with Crippen LogP contribution >= 0.6 is 15.9 Å². The monoisotopic (exact) mass is 412 g/mol. The standard InChI is InChI=1S/C20H17BrN2O3/c21-16-10-11-17(15-9-5-4-8-14(15)16)22-20(26)23-18(19(24)25)12-13-6-2-1-3-7-13/h1-11,18H,12H2,(H,24,25)(H2,22,23,26)/t18-/m0/s1. The van der Waals surface area contributed by atoms with Gasteiger partial charge in [0.25, 0.3) is 0 Å². The lowest BCUT2D eigenvalue weighted by Gasteiger charge is -2.16. The number of anilines is 1. The first kappa shape index (κ1) is 17.9. The van der Waals surface area contributed by atoms with Gasteiger partial charge in [-0.3, -0.25) is 0 Å². The maximum atomic E-state index is 12.3. The average Bonchev–Trinajstić information content (AvgIpc) is 2.64. The Balaban J connectivity index is 1.75. The van der Waals surface area contributed by atoms with Crippen molar-refractivity contribution >= 4 is 44.4 Å². The molecule has 0 aliphatic rings. The van der Waals surface area contributed by atoms with Crippen LogP contribution in [0.2, 0.25) is 0 Å². The summed E-state index contributed by atoms with van der Waals surface area (Å²) in [5.41, 5.74) is 1.46. The van der Waals surface area contributed by atoms with E-state index in [1.165, 1.54) is 0 Å². The third kappa shape index (κ3) is 4.21. The zero-order valence-electron chi connectivity index (χ0n) is 13.8. The molecule has 2 amide bonds. The van der Waals surface area contributed by atoms with E-state index >= 15 is 0 Å². The predicted octanol–water partition coefficient (Wildman–Crippen LogP) is 4.42. The molecule has 0 unspecified atom stereocenters. The third-order valence-electron chi connectivity index (χ3n) is 4.01. The van der Waals surface area contributed by atoms with E-state index in [9.17, 15) is 14.7 Å². The summed E-state index contributed by atoms with van der Waals surface area (Å²) in [5.74, 6) is -1.08. The van der Waals surface area contributed by atoms with Gasteiger partial charge in [-0.15, -0.1) is 0 Å². The number of urea groups is 1. The molecule has 3 aromatic rings. The van der Waals surface area contributed by atoms with Crippen LogP contribution in [0.5, 0.6) is 0 Å². The zero-order chi connectivity index (χ0) is 18.5. The molecule has 0 fully saturated rings. The van der Waals surface area contributed by atoms with Crippen LogP contribution in [-0.4, -0.2) is 23.1 Å². The van der Waals surface area contributed by atoms with Crippen molar-refractivity contribution in [3.05, 3.63) is 76.8 Å². The molecule has 0 saturated heterocycles. The van der Waals surface area contributed by atoms with E-state index in [4.69, 9.17) is 0 Å². The predicted molar refractivity (Wildman–Crippen MR) is 105 cm³/mol. The molecule has 0 aliphatic carbocycles. The van der Waals surface area contributed by atoms with Crippen LogP contribution in [0.25, 0.3) is 10.8 Å². The number of benzene rings is 3. The van der Waals surface area contributed by atoms with E-state index in [0.29, 0.717) is 5.69 Å². The van der Waals surface area contributed by atoms with Crippen molar-refractivity contribution in [3.8, 4) is 0 Å². The van der Waals surface area contributed by atoms with Gasteiger partial charge < -0.3 is 15.7 Å². The van der Waals surface area contributed by atoms with Gasteiger partial charge in [0.2, 0.25) is 0 Å². The summed E-state index contributed by atoms with van der Waals surface area (Å²) in [5, 5.41) is 16.5. The highest BCUT2D eigenvalue weighted by molar-refractivity contribution is 9.10. The highest BCUT2D eigenvalue weighted by Crippen LogP contribution is 2.29. The molecule has 26 heavy (non-hydrogen) atoms. The fourth-order valence-corrected chi connectivity index (χ4v) is 3.22. The van der Waals surface area contributed by atoms with Crippen LogP contribution in [0.3, 0.4) is 0 Å². The van der Waals surface area contributed by atoms with Crippen molar-refractivity contribution in [3.63, 3.8) is 0 Å². The van der Waals surface area contributed by atoms with Crippen molar-refractivity contribution in [2.75, 3.05) is 5.32 Å². The fourth-order valence-electron chi connectivity index (χ4n) is 2.74. The van der Waals surface area contributed by atoms with Gasteiger partial charge in [0.1, 0.15) is 6.04 Å². The fraction of sp³-hybridized carbons (Fsp3) is 0.100. The minimum Gasteiger partial charge on any atom is -0.480 e. The maximum absolute atomic E-state index is 12.3. The first-order chi connectivity index (χ1) is 12.5. The molecule has 6 heteroatoms. The van der Waals surface area contributed by atoms with Crippen LogP contribution in [0.4, 0.5) is 10.5 Å². The first-order valence-corrected chi connectivity index (χ1v) is 8.85. The summed E-state index contributed by atoms with van der Waals surface area (Å²) in [6.45, 7) is 0. The van der Waals surface area contributed by atoms with E-state index < -0.39 is 18.0 Å². The van der Waals surface area contributed by atoms with Gasteiger partial charge in [-0.1, -0.05) is 70.5 Å². The normalized spacial score (nSPS) is 11.7. The SMILES string of the molecule is O=C(Nc1ccc(Br)c2ccccc12)N[C@@H](Cc1ccccc1)C(=O)O. The highest BCUT2D eigenvalue weighted by Gasteiger charge is 2.20. The molecular weight excluding hydrogens is 396 g/mol. The molecule has 3 rings (SSSR count). The van der Waals surface area contributed by atoms with E-state index in [1.54, 1.807) is 6.07 Å². The van der Waals surface area contributed by atoms with Crippen LogP contribution in [-0.2, 0) is 11.2 Å². The number of aliphatic carboxylic acids is 1. The molecule has 0 radical (unpaired) electrons. The number of nitrogens with one attached hydrogen (secondary N) is 2. The van der Waals surface area contributed by atoms with Gasteiger partial charge >= 0.3 is 12.0 Å². The van der Waals surface area contributed by atoms with Crippen LogP contribution in [0.15, 0.2) is 71.2 Å². The smallest absolute Gasteiger partial charge is 0.326 e. The Morgan fingerprint density at radius 3 is 2.27 bits per heavy atom. The lowest BCUT2D eigenvalue weighted by molar-refractivity contribution is -0.139. The summed E-state index contributed by atoms with van der Waals surface area (Å²) in [4.78, 5) is 23.8. The Morgan fingerprint density at radius 2 is 1.58 bits per heavy atom. The number of halogens is 1. The molecule has 3 N–H and O–H groups in total. The summed E-state index contributed by atoms with van der Waals surface area (Å²) >= 11 is 3.49. The van der Waals surface area contributed by atoms with Crippen LogP contribution < -0.4 is 10.6 Å². The summed E-state index contributed by atoms with van der Waals surface area (Å²) in [7, 11) is 0. The third-order valence-corrected chi connectivity index (χ3v) is 4.70. The van der Waals surface area contributed by atoms with Crippen molar-refractivity contribution in [1.82, 2.24) is 5.32 Å². The number of carbonyl (C=O) groups is 2. The average molecular weight is 413 g/mol. The van der Waals surface area contributed by atoms with Gasteiger partial charge in [-0.05, 0) is 23.1 Å². The number of carboxylic acids is 1. The largest absolute Gasteiger partial charge is 0.480 e. The number of fused-ring (bicyclic) bond motifs is 1. The van der Waals surface area contributed by atoms with Crippen molar-refractivity contribution in [1.29, 1.82) is 0 Å². The molecule has 0 spiro atoms. The number of carbonyl (C=O) groups excluding carboxylic acids is 1. The molecule has 1 atom stereocenters. The summed E-state index contributed by atoms with van der Waals surface area (Å²) < 4.78 is 0.923. The lowest BCUT2D eigenvalue weighted by atomic mass is 10.1. The Hall–Kier alpha value is -2.86. The highest BCUT2D eigenvalue weighted by atomic mass is 79.9. The second kappa shape index (κ2) is 8.01. The molecular formula is C20H17BrN2O3. The van der Waals surface area contributed by atoms with E-state index in [1.807, 2.05) is 60.7 Å². The van der Waals surface area contributed by atoms with Crippen LogP contribution in [0, 0.1) is 0 Å². The number of amides is 2. The minimum atomic E-state index is -1.08. The second-order valence-electron chi connectivity index (χ2n) is 5.82. The Kier molecular flexibility index (Phi) is 5.53. The van der Waals surface area contributed by atoms with Crippen molar-refractivity contribution in [2.45, 2.75) is 12.5 Å². The number of hydrogen-bond donors (Lipinski definition) is 3. The second-order valence-corrected chi connectivity index (χ2v) is 6.67. The van der Waals surface area contributed by atoms with E-state index in [2.05, 4.69) is 26.6 Å². The lowest BCUT2D eigenvalue weighted by Crippen LogP contribution is -2.44. The van der Waals surface area contributed by atoms with Gasteiger partial charge in [-0.25, -0.2) is 9.59 Å².